The molecule has 0 aromatic heterocycles. The number of aliphatic imine (C=N–C) groups is 2. The summed E-state index contributed by atoms with van der Waals surface area (Å²) >= 11 is 5.94. The number of hydrogen-bond donors (Lipinski definition) is 1. The smallest absolute Gasteiger partial charge is 0.314 e. The number of aliphatic carboxylic acids is 1. The zero-order valence-electron chi connectivity index (χ0n) is 10.5. The fourth-order valence-corrected chi connectivity index (χ4v) is 2.24. The average molecular weight is 281 g/mol. The van der Waals surface area contributed by atoms with E-state index in [1.807, 2.05) is 0 Å². The summed E-state index contributed by atoms with van der Waals surface area (Å²) in [7, 11) is 1.45. The predicted octanol–water partition coefficient (Wildman–Crippen LogP) is 2.56. The van der Waals surface area contributed by atoms with Crippen molar-refractivity contribution in [2.45, 2.75) is 13.0 Å². The van der Waals surface area contributed by atoms with Crippen molar-refractivity contribution in [3.05, 3.63) is 34.9 Å². The predicted molar refractivity (Wildman–Crippen MR) is 72.9 cm³/mol. The Morgan fingerprint density at radius 3 is 2.79 bits per heavy atom. The first-order valence-corrected chi connectivity index (χ1v) is 6.06. The number of amidine groups is 1. The van der Waals surface area contributed by atoms with Gasteiger partial charge in [-0.2, -0.15) is 0 Å². The third kappa shape index (κ3) is 2.76. The molecule has 19 heavy (non-hydrogen) atoms. The molecule has 100 valence electrons. The normalized spacial score (nSPS) is 22.5. The third-order valence-electron chi connectivity index (χ3n) is 2.93. The van der Waals surface area contributed by atoms with Crippen molar-refractivity contribution in [2.75, 3.05) is 7.11 Å². The van der Waals surface area contributed by atoms with E-state index in [0.29, 0.717) is 10.7 Å². The van der Waals surface area contributed by atoms with Crippen molar-refractivity contribution in [2.24, 2.45) is 15.9 Å². The number of carboxylic acids is 1. The lowest BCUT2D eigenvalue weighted by Crippen LogP contribution is -2.32. The molecule has 0 aliphatic carbocycles. The van der Waals surface area contributed by atoms with Gasteiger partial charge in [-0.1, -0.05) is 23.7 Å². The van der Waals surface area contributed by atoms with Gasteiger partial charge in [0.1, 0.15) is 5.92 Å². The van der Waals surface area contributed by atoms with Crippen LogP contribution in [0.1, 0.15) is 18.5 Å². The molecule has 0 saturated carbocycles. The number of nitrogens with zero attached hydrogens (tertiary/aromatic N) is 2. The fourth-order valence-electron chi connectivity index (χ4n) is 2.04. The van der Waals surface area contributed by atoms with Gasteiger partial charge >= 0.3 is 12.0 Å². The molecule has 0 fully saturated rings. The zero-order valence-corrected chi connectivity index (χ0v) is 11.3. The van der Waals surface area contributed by atoms with E-state index < -0.39 is 17.9 Å². The molecule has 0 bridgehead atoms. The van der Waals surface area contributed by atoms with Gasteiger partial charge in [0.15, 0.2) is 0 Å². The molecule has 0 amide bonds. The molecule has 5 nitrogen and oxygen atoms in total. The highest BCUT2D eigenvalue weighted by Crippen LogP contribution is 2.32. The lowest BCUT2D eigenvalue weighted by atomic mass is 9.89. The van der Waals surface area contributed by atoms with Gasteiger partial charge in [-0.25, -0.2) is 9.98 Å². The van der Waals surface area contributed by atoms with E-state index in [1.54, 1.807) is 31.2 Å². The first-order chi connectivity index (χ1) is 9.02. The monoisotopic (exact) mass is 280 g/mol. The summed E-state index contributed by atoms with van der Waals surface area (Å²) < 4.78 is 5.01. The second-order valence-corrected chi connectivity index (χ2v) is 4.62. The average Bonchev–Trinajstić information content (AvgIpc) is 2.37. The van der Waals surface area contributed by atoms with Gasteiger partial charge < -0.3 is 9.84 Å². The SMILES string of the molecule is COC1=NC(c2cccc(Cl)c2)C(C(=O)O)C(C)=N1. The van der Waals surface area contributed by atoms with Crippen molar-refractivity contribution in [3.8, 4) is 0 Å². The van der Waals surface area contributed by atoms with E-state index in [2.05, 4.69) is 9.98 Å². The maximum atomic E-state index is 11.4. The lowest BCUT2D eigenvalue weighted by Gasteiger charge is -2.24. The van der Waals surface area contributed by atoms with Crippen LogP contribution in [-0.2, 0) is 9.53 Å². The van der Waals surface area contributed by atoms with Gasteiger partial charge in [-0.05, 0) is 24.6 Å². The van der Waals surface area contributed by atoms with E-state index in [0.717, 1.165) is 5.56 Å². The molecular weight excluding hydrogens is 268 g/mol. The van der Waals surface area contributed by atoms with E-state index in [4.69, 9.17) is 16.3 Å². The highest BCUT2D eigenvalue weighted by molar-refractivity contribution is 6.30. The van der Waals surface area contributed by atoms with Crippen LogP contribution < -0.4 is 0 Å². The summed E-state index contributed by atoms with van der Waals surface area (Å²) in [4.78, 5) is 19.7. The van der Waals surface area contributed by atoms with Crippen LogP contribution in [0.25, 0.3) is 0 Å². The molecule has 0 saturated heterocycles. The van der Waals surface area contributed by atoms with Crippen LogP contribution in [0.5, 0.6) is 0 Å². The van der Waals surface area contributed by atoms with Crippen LogP contribution >= 0.6 is 11.6 Å². The lowest BCUT2D eigenvalue weighted by molar-refractivity contribution is -0.140. The Balaban J connectivity index is 2.48. The standard InChI is InChI=1S/C13H13ClN2O3/c1-7-10(12(17)18)11(16-13(15-7)19-2)8-4-3-5-9(14)6-8/h3-6,10-11H,1-2H3,(H,17,18). The minimum absolute atomic E-state index is 0.181. The topological polar surface area (TPSA) is 71.2 Å². The third-order valence-corrected chi connectivity index (χ3v) is 3.16. The van der Waals surface area contributed by atoms with Crippen molar-refractivity contribution in [1.29, 1.82) is 0 Å². The van der Waals surface area contributed by atoms with Crippen LogP contribution in [0.15, 0.2) is 34.3 Å². The Kier molecular flexibility index (Phi) is 3.85. The molecule has 6 heteroatoms. The summed E-state index contributed by atoms with van der Waals surface area (Å²) in [5.41, 5.74) is 1.19. The fraction of sp³-hybridized carbons (Fsp3) is 0.308. The van der Waals surface area contributed by atoms with Gasteiger partial charge in [0.05, 0.1) is 13.2 Å². The molecule has 2 unspecified atom stereocenters. The Bertz CT molecular complexity index is 569. The van der Waals surface area contributed by atoms with Crippen LogP contribution in [0.3, 0.4) is 0 Å². The number of carboxylic acid groups (broad SMARTS) is 1. The molecule has 1 aromatic rings. The second-order valence-electron chi connectivity index (χ2n) is 4.18. The highest BCUT2D eigenvalue weighted by atomic mass is 35.5. The van der Waals surface area contributed by atoms with E-state index >= 15 is 0 Å². The summed E-state index contributed by atoms with van der Waals surface area (Å²) in [5.74, 6) is -1.78. The van der Waals surface area contributed by atoms with Crippen molar-refractivity contribution < 1.29 is 14.6 Å². The van der Waals surface area contributed by atoms with Crippen LogP contribution in [0, 0.1) is 5.92 Å². The number of hydrogen-bond acceptors (Lipinski definition) is 4. The van der Waals surface area contributed by atoms with Crippen LogP contribution in [0.2, 0.25) is 5.02 Å². The summed E-state index contributed by atoms with van der Waals surface area (Å²) in [6.07, 6.45) is 0. The van der Waals surface area contributed by atoms with Gasteiger partial charge in [0.2, 0.25) is 0 Å². The molecule has 1 N–H and O–H groups in total. The van der Waals surface area contributed by atoms with Crippen molar-refractivity contribution in [3.63, 3.8) is 0 Å². The van der Waals surface area contributed by atoms with Gasteiger partial charge in [0.25, 0.3) is 0 Å². The minimum Gasteiger partial charge on any atom is -0.481 e. The number of carbonyl (C=O) groups is 1. The molecule has 0 spiro atoms. The van der Waals surface area contributed by atoms with Gasteiger partial charge in [-0.3, -0.25) is 4.79 Å². The number of methoxy groups -OCH3 is 1. The number of benzene rings is 1. The molecular formula is C13H13ClN2O3. The van der Waals surface area contributed by atoms with Crippen molar-refractivity contribution >= 4 is 29.3 Å². The van der Waals surface area contributed by atoms with Crippen LogP contribution in [-0.4, -0.2) is 29.9 Å². The number of ether oxygens (including phenoxy) is 1. The first kappa shape index (κ1) is 13.5. The molecule has 1 heterocycles. The number of halogens is 1. The highest BCUT2D eigenvalue weighted by Gasteiger charge is 2.35. The quantitative estimate of drug-likeness (QED) is 0.905. The summed E-state index contributed by atoms with van der Waals surface area (Å²) in [6.45, 7) is 1.66. The maximum Gasteiger partial charge on any atom is 0.314 e. The molecule has 2 atom stereocenters. The summed E-state index contributed by atoms with van der Waals surface area (Å²) in [5, 5.41) is 9.88. The van der Waals surface area contributed by atoms with Gasteiger partial charge in [-0.15, -0.1) is 0 Å². The van der Waals surface area contributed by atoms with Crippen LogP contribution in [0.4, 0.5) is 0 Å². The van der Waals surface area contributed by atoms with E-state index in [1.165, 1.54) is 7.11 Å². The number of rotatable bonds is 2. The maximum absolute atomic E-state index is 11.4. The van der Waals surface area contributed by atoms with Crippen molar-refractivity contribution in [1.82, 2.24) is 0 Å². The Morgan fingerprint density at radius 1 is 1.47 bits per heavy atom. The summed E-state index contributed by atoms with van der Waals surface area (Å²) in [6, 6.07) is 6.59. The van der Waals surface area contributed by atoms with Gasteiger partial charge in [0, 0.05) is 10.7 Å². The Labute approximate surface area is 115 Å². The first-order valence-electron chi connectivity index (χ1n) is 5.68. The molecule has 1 aromatic carbocycles. The zero-order chi connectivity index (χ0) is 14.0. The molecule has 1 aliphatic heterocycles. The van der Waals surface area contributed by atoms with E-state index in [9.17, 15) is 9.90 Å². The minimum atomic E-state index is -0.967. The second kappa shape index (κ2) is 5.40. The Hall–Kier alpha value is -1.88. The molecule has 2 rings (SSSR count). The largest absolute Gasteiger partial charge is 0.481 e. The molecule has 0 radical (unpaired) electrons. The molecule has 1 aliphatic rings. The Morgan fingerprint density at radius 2 is 2.21 bits per heavy atom. The van der Waals surface area contributed by atoms with E-state index in [-0.39, 0.29) is 6.02 Å².